The summed E-state index contributed by atoms with van der Waals surface area (Å²) in [5.41, 5.74) is 1.72. The van der Waals surface area contributed by atoms with Crippen LogP contribution in [-0.2, 0) is 0 Å². The van der Waals surface area contributed by atoms with Crippen LogP contribution in [0.5, 0.6) is 0 Å². The summed E-state index contributed by atoms with van der Waals surface area (Å²) in [6, 6.07) is 0. The molecule has 0 saturated carbocycles. The van der Waals surface area contributed by atoms with E-state index in [0.29, 0.717) is 0 Å². The third-order valence-corrected chi connectivity index (χ3v) is 4.43. The number of piperidine rings is 1. The van der Waals surface area contributed by atoms with Crippen LogP contribution in [0.25, 0.3) is 11.2 Å². The number of aromatic nitrogens is 4. The first-order valence-corrected chi connectivity index (χ1v) is 7.39. The first kappa shape index (κ1) is 11.9. The Hall–Kier alpha value is -1.14. The van der Waals surface area contributed by atoms with Crippen LogP contribution in [0.2, 0.25) is 0 Å². The number of hydrogen-bond donors (Lipinski definition) is 2. The molecule has 3 heterocycles. The molecule has 1 fully saturated rings. The summed E-state index contributed by atoms with van der Waals surface area (Å²) in [6.07, 6.45) is 7.16. The Kier molecular flexibility index (Phi) is 3.75. The SMILES string of the molecule is c1nc(SCCC2CCNCC2)c2[nH]cnc2n1. The van der Waals surface area contributed by atoms with Crippen LogP contribution >= 0.6 is 11.8 Å². The molecule has 0 aromatic carbocycles. The van der Waals surface area contributed by atoms with E-state index in [2.05, 4.69) is 25.3 Å². The number of nitrogens with one attached hydrogen (secondary N) is 2. The van der Waals surface area contributed by atoms with Crippen LogP contribution in [0.15, 0.2) is 17.7 Å². The van der Waals surface area contributed by atoms with Crippen LogP contribution in [-0.4, -0.2) is 38.8 Å². The molecule has 1 aliphatic rings. The number of nitrogens with zero attached hydrogens (tertiary/aromatic N) is 3. The molecule has 0 spiro atoms. The molecule has 6 heteroatoms. The number of hydrogen-bond acceptors (Lipinski definition) is 5. The monoisotopic (exact) mass is 263 g/mol. The van der Waals surface area contributed by atoms with Gasteiger partial charge >= 0.3 is 0 Å². The topological polar surface area (TPSA) is 66.5 Å². The van der Waals surface area contributed by atoms with Gasteiger partial charge < -0.3 is 10.3 Å². The van der Waals surface area contributed by atoms with E-state index in [0.717, 1.165) is 27.9 Å². The maximum atomic E-state index is 4.33. The smallest absolute Gasteiger partial charge is 0.181 e. The lowest BCUT2D eigenvalue weighted by Crippen LogP contribution is -2.27. The zero-order valence-corrected chi connectivity index (χ0v) is 11.0. The van der Waals surface area contributed by atoms with Crippen LogP contribution in [0.1, 0.15) is 19.3 Å². The fourth-order valence-electron chi connectivity index (χ4n) is 2.34. The Bertz CT molecular complexity index is 506. The van der Waals surface area contributed by atoms with E-state index >= 15 is 0 Å². The van der Waals surface area contributed by atoms with Crippen LogP contribution < -0.4 is 5.32 Å². The molecule has 0 atom stereocenters. The number of thioether (sulfide) groups is 1. The van der Waals surface area contributed by atoms with Gasteiger partial charge in [0.15, 0.2) is 5.65 Å². The number of aromatic amines is 1. The Labute approximate surface area is 110 Å². The van der Waals surface area contributed by atoms with Crippen molar-refractivity contribution in [1.82, 2.24) is 25.3 Å². The standard InChI is InChI=1S/C12H17N5S/c1-4-13-5-2-9(1)3-6-18-12-10-11(15-7-14-10)16-8-17-12/h7-9,13H,1-6H2,(H,14,15,16,17). The molecule has 1 saturated heterocycles. The second-order valence-corrected chi connectivity index (χ2v) is 5.69. The van der Waals surface area contributed by atoms with E-state index in [1.807, 2.05) is 0 Å². The van der Waals surface area contributed by atoms with Crippen molar-refractivity contribution < 1.29 is 0 Å². The van der Waals surface area contributed by atoms with Crippen molar-refractivity contribution in [2.75, 3.05) is 18.8 Å². The van der Waals surface area contributed by atoms with Gasteiger partial charge in [-0.25, -0.2) is 15.0 Å². The van der Waals surface area contributed by atoms with E-state index in [9.17, 15) is 0 Å². The zero-order chi connectivity index (χ0) is 12.2. The highest BCUT2D eigenvalue weighted by molar-refractivity contribution is 7.99. The fourth-order valence-corrected chi connectivity index (χ4v) is 3.41. The van der Waals surface area contributed by atoms with E-state index in [4.69, 9.17) is 0 Å². The summed E-state index contributed by atoms with van der Waals surface area (Å²) in [6.45, 7) is 2.35. The molecular weight excluding hydrogens is 246 g/mol. The van der Waals surface area contributed by atoms with Crippen molar-refractivity contribution in [2.45, 2.75) is 24.3 Å². The van der Waals surface area contributed by atoms with Gasteiger partial charge in [-0.15, -0.1) is 11.8 Å². The van der Waals surface area contributed by atoms with Crippen LogP contribution in [0.3, 0.4) is 0 Å². The summed E-state index contributed by atoms with van der Waals surface area (Å²) in [5, 5.41) is 4.42. The first-order valence-electron chi connectivity index (χ1n) is 6.41. The average molecular weight is 263 g/mol. The van der Waals surface area contributed by atoms with Crippen molar-refractivity contribution in [3.05, 3.63) is 12.7 Å². The first-order chi connectivity index (χ1) is 8.93. The highest BCUT2D eigenvalue weighted by Crippen LogP contribution is 2.25. The highest BCUT2D eigenvalue weighted by atomic mass is 32.2. The van der Waals surface area contributed by atoms with Gasteiger partial charge in [0.25, 0.3) is 0 Å². The van der Waals surface area contributed by atoms with Gasteiger partial charge in [0.05, 0.1) is 6.33 Å². The molecule has 3 rings (SSSR count). The van der Waals surface area contributed by atoms with E-state index in [1.54, 1.807) is 24.4 Å². The quantitative estimate of drug-likeness (QED) is 0.651. The zero-order valence-electron chi connectivity index (χ0n) is 10.2. The number of rotatable bonds is 4. The molecular formula is C12H17N5S. The molecule has 96 valence electrons. The lowest BCUT2D eigenvalue weighted by molar-refractivity contribution is 0.367. The van der Waals surface area contributed by atoms with Crippen LogP contribution in [0.4, 0.5) is 0 Å². The molecule has 2 aromatic heterocycles. The molecule has 0 bridgehead atoms. The van der Waals surface area contributed by atoms with Gasteiger partial charge in [0, 0.05) is 0 Å². The Balaban J connectivity index is 1.57. The van der Waals surface area contributed by atoms with Crippen molar-refractivity contribution in [2.24, 2.45) is 5.92 Å². The van der Waals surface area contributed by atoms with Gasteiger partial charge in [-0.2, -0.15) is 0 Å². The largest absolute Gasteiger partial charge is 0.341 e. The van der Waals surface area contributed by atoms with Gasteiger partial charge in [-0.05, 0) is 44.0 Å². The lowest BCUT2D eigenvalue weighted by Gasteiger charge is -2.22. The lowest BCUT2D eigenvalue weighted by atomic mass is 9.96. The number of H-pyrrole nitrogens is 1. The van der Waals surface area contributed by atoms with Crippen molar-refractivity contribution in [3.8, 4) is 0 Å². The van der Waals surface area contributed by atoms with Crippen molar-refractivity contribution in [3.63, 3.8) is 0 Å². The predicted octanol–water partition coefficient (Wildman–Crippen LogP) is 1.83. The fraction of sp³-hybridized carbons (Fsp3) is 0.583. The van der Waals surface area contributed by atoms with E-state index < -0.39 is 0 Å². The van der Waals surface area contributed by atoms with Crippen molar-refractivity contribution >= 4 is 22.9 Å². The minimum absolute atomic E-state index is 0.759. The number of fused-ring (bicyclic) bond motifs is 1. The maximum Gasteiger partial charge on any atom is 0.181 e. The molecule has 0 amide bonds. The minimum Gasteiger partial charge on any atom is -0.341 e. The summed E-state index contributed by atoms with van der Waals surface area (Å²) in [5.74, 6) is 1.99. The molecule has 5 nitrogen and oxygen atoms in total. The average Bonchev–Trinajstić information content (AvgIpc) is 2.89. The third kappa shape index (κ3) is 2.64. The molecule has 1 aliphatic heterocycles. The summed E-state index contributed by atoms with van der Waals surface area (Å²) in [4.78, 5) is 15.7. The van der Waals surface area contributed by atoms with Gasteiger partial charge in [-0.3, -0.25) is 0 Å². The molecule has 18 heavy (non-hydrogen) atoms. The summed E-state index contributed by atoms with van der Waals surface area (Å²) in [7, 11) is 0. The van der Waals surface area contributed by atoms with E-state index in [-0.39, 0.29) is 0 Å². The van der Waals surface area contributed by atoms with Gasteiger partial charge in [-0.1, -0.05) is 0 Å². The molecule has 0 radical (unpaired) electrons. The maximum absolute atomic E-state index is 4.33. The normalized spacial score (nSPS) is 17.3. The molecule has 0 aliphatic carbocycles. The summed E-state index contributed by atoms with van der Waals surface area (Å²) < 4.78 is 0. The molecule has 2 N–H and O–H groups in total. The van der Waals surface area contributed by atoms with Gasteiger partial charge in [0.1, 0.15) is 16.9 Å². The van der Waals surface area contributed by atoms with E-state index in [1.165, 1.54) is 32.4 Å². The Morgan fingerprint density at radius 1 is 1.22 bits per heavy atom. The second kappa shape index (κ2) is 5.67. The predicted molar refractivity (Wildman–Crippen MR) is 72.6 cm³/mol. The second-order valence-electron chi connectivity index (χ2n) is 4.61. The van der Waals surface area contributed by atoms with Crippen molar-refractivity contribution in [1.29, 1.82) is 0 Å². The summed E-state index contributed by atoms with van der Waals surface area (Å²) >= 11 is 1.81. The number of imidazole rings is 1. The molecule has 0 unspecified atom stereocenters. The van der Waals surface area contributed by atoms with Crippen LogP contribution in [0, 0.1) is 5.92 Å². The molecule has 2 aromatic rings. The Morgan fingerprint density at radius 2 is 2.11 bits per heavy atom. The minimum atomic E-state index is 0.759. The Morgan fingerprint density at radius 3 is 3.00 bits per heavy atom. The van der Waals surface area contributed by atoms with Gasteiger partial charge in [0.2, 0.25) is 0 Å². The third-order valence-electron chi connectivity index (χ3n) is 3.41. The highest BCUT2D eigenvalue weighted by Gasteiger charge is 2.13.